The maximum absolute atomic E-state index is 12.0. The second-order valence-corrected chi connectivity index (χ2v) is 6.35. The van der Waals surface area contributed by atoms with Gasteiger partial charge in [0.15, 0.2) is 0 Å². The predicted molar refractivity (Wildman–Crippen MR) is 69.9 cm³/mol. The maximum Gasteiger partial charge on any atom is 0.317 e. The molecule has 0 radical (unpaired) electrons. The summed E-state index contributed by atoms with van der Waals surface area (Å²) in [4.78, 5) is 14.0. The van der Waals surface area contributed by atoms with E-state index in [0.29, 0.717) is 11.3 Å². The van der Waals surface area contributed by atoms with Crippen molar-refractivity contribution in [3.63, 3.8) is 0 Å². The molecule has 0 unspecified atom stereocenters. The summed E-state index contributed by atoms with van der Waals surface area (Å²) in [6.45, 7) is 9.54. The molecule has 1 aliphatic heterocycles. The number of carbonyl (C=O) groups is 1. The van der Waals surface area contributed by atoms with Crippen LogP contribution in [0.5, 0.6) is 0 Å². The van der Waals surface area contributed by atoms with Crippen LogP contribution in [0, 0.1) is 17.3 Å². The van der Waals surface area contributed by atoms with E-state index in [-0.39, 0.29) is 6.03 Å². The Hall–Kier alpha value is -0.730. The summed E-state index contributed by atoms with van der Waals surface area (Å²) < 4.78 is 0. The van der Waals surface area contributed by atoms with Gasteiger partial charge in [-0.2, -0.15) is 0 Å². The molecule has 1 heterocycles. The van der Waals surface area contributed by atoms with Crippen molar-refractivity contribution in [2.75, 3.05) is 19.6 Å². The number of likely N-dealkylation sites (tertiary alicyclic amines) is 1. The van der Waals surface area contributed by atoms with Crippen LogP contribution in [0.15, 0.2) is 0 Å². The molecule has 0 aromatic heterocycles. The molecule has 0 spiro atoms. The van der Waals surface area contributed by atoms with Crippen molar-refractivity contribution in [3.05, 3.63) is 0 Å². The van der Waals surface area contributed by atoms with Crippen molar-refractivity contribution >= 4 is 6.03 Å². The summed E-state index contributed by atoms with van der Waals surface area (Å²) in [5.74, 6) is 1.47. The Morgan fingerprint density at radius 3 is 2.41 bits per heavy atom. The van der Waals surface area contributed by atoms with Gasteiger partial charge in [-0.25, -0.2) is 4.79 Å². The lowest BCUT2D eigenvalue weighted by atomic mass is 9.92. The van der Waals surface area contributed by atoms with Crippen molar-refractivity contribution in [2.24, 2.45) is 17.3 Å². The van der Waals surface area contributed by atoms with Gasteiger partial charge in [-0.1, -0.05) is 20.8 Å². The Labute approximate surface area is 105 Å². The van der Waals surface area contributed by atoms with Crippen molar-refractivity contribution < 1.29 is 4.79 Å². The molecule has 0 atom stereocenters. The maximum atomic E-state index is 12.0. The van der Waals surface area contributed by atoms with Crippen LogP contribution in [0.3, 0.4) is 0 Å². The Kier molecular flexibility index (Phi) is 3.64. The number of rotatable bonds is 3. The molecule has 2 rings (SSSR count). The third-order valence-electron chi connectivity index (χ3n) is 4.78. The zero-order valence-corrected chi connectivity index (χ0v) is 11.5. The third kappa shape index (κ3) is 2.93. The average Bonchev–Trinajstić information content (AvgIpc) is 3.08. The first-order valence-corrected chi connectivity index (χ1v) is 7.06. The normalized spacial score (nSPS) is 23.9. The monoisotopic (exact) mass is 238 g/mol. The van der Waals surface area contributed by atoms with Crippen molar-refractivity contribution in [1.29, 1.82) is 0 Å². The molecule has 1 saturated carbocycles. The molecule has 1 aliphatic carbocycles. The molecule has 2 aliphatic rings. The fourth-order valence-corrected chi connectivity index (χ4v) is 2.69. The molecule has 3 nitrogen and oxygen atoms in total. The van der Waals surface area contributed by atoms with E-state index < -0.39 is 0 Å². The van der Waals surface area contributed by atoms with E-state index >= 15 is 0 Å². The van der Waals surface area contributed by atoms with Crippen LogP contribution in [-0.4, -0.2) is 30.6 Å². The fourth-order valence-electron chi connectivity index (χ4n) is 2.69. The first-order valence-electron chi connectivity index (χ1n) is 7.06. The first-order chi connectivity index (χ1) is 8.03. The largest absolute Gasteiger partial charge is 0.337 e. The van der Waals surface area contributed by atoms with Gasteiger partial charge in [0.05, 0.1) is 0 Å². The topological polar surface area (TPSA) is 32.3 Å². The van der Waals surface area contributed by atoms with E-state index in [1.165, 1.54) is 12.8 Å². The predicted octanol–water partition coefficient (Wildman–Crippen LogP) is 2.86. The molecule has 2 amide bonds. The van der Waals surface area contributed by atoms with Gasteiger partial charge in [-0.3, -0.25) is 0 Å². The standard InChI is InChI=1S/C14H26N2O/c1-11(2)14(6-7-14)10-15-13(17)16-8-4-12(3)5-9-16/h11-12H,4-10H2,1-3H3,(H,15,17). The number of piperidine rings is 1. The lowest BCUT2D eigenvalue weighted by Crippen LogP contribution is -2.46. The molecule has 0 aromatic carbocycles. The van der Waals surface area contributed by atoms with Crippen molar-refractivity contribution in [3.8, 4) is 0 Å². The Balaban J connectivity index is 1.74. The summed E-state index contributed by atoms with van der Waals surface area (Å²) in [5.41, 5.74) is 0.415. The van der Waals surface area contributed by atoms with Crippen LogP contribution in [-0.2, 0) is 0 Å². The lowest BCUT2D eigenvalue weighted by molar-refractivity contribution is 0.170. The number of amides is 2. The van der Waals surface area contributed by atoms with Crippen LogP contribution in [0.2, 0.25) is 0 Å². The first kappa shape index (κ1) is 12.7. The zero-order valence-electron chi connectivity index (χ0n) is 11.5. The highest BCUT2D eigenvalue weighted by Crippen LogP contribution is 2.51. The number of nitrogens with zero attached hydrogens (tertiary/aromatic N) is 1. The van der Waals surface area contributed by atoms with E-state index in [4.69, 9.17) is 0 Å². The fraction of sp³-hybridized carbons (Fsp3) is 0.929. The summed E-state index contributed by atoms with van der Waals surface area (Å²) in [7, 11) is 0. The van der Waals surface area contributed by atoms with Gasteiger partial charge in [0.1, 0.15) is 0 Å². The summed E-state index contributed by atoms with van der Waals surface area (Å²) in [6, 6.07) is 0.156. The minimum absolute atomic E-state index is 0.156. The highest BCUT2D eigenvalue weighted by molar-refractivity contribution is 5.74. The molecule has 3 heteroatoms. The molecular weight excluding hydrogens is 212 g/mol. The number of carbonyl (C=O) groups excluding carboxylic acids is 1. The number of nitrogens with one attached hydrogen (secondary N) is 1. The second-order valence-electron chi connectivity index (χ2n) is 6.35. The van der Waals surface area contributed by atoms with Crippen molar-refractivity contribution in [2.45, 2.75) is 46.5 Å². The molecule has 1 N–H and O–H groups in total. The van der Waals surface area contributed by atoms with Gasteiger partial charge in [-0.15, -0.1) is 0 Å². The Morgan fingerprint density at radius 2 is 1.94 bits per heavy atom. The number of urea groups is 1. The minimum Gasteiger partial charge on any atom is -0.337 e. The quantitative estimate of drug-likeness (QED) is 0.805. The molecule has 0 bridgehead atoms. The number of hydrogen-bond donors (Lipinski definition) is 1. The van der Waals surface area contributed by atoms with Gasteiger partial charge in [0.25, 0.3) is 0 Å². The molecule has 17 heavy (non-hydrogen) atoms. The van der Waals surface area contributed by atoms with Gasteiger partial charge >= 0.3 is 6.03 Å². The van der Waals surface area contributed by atoms with Crippen LogP contribution in [0.4, 0.5) is 4.79 Å². The lowest BCUT2D eigenvalue weighted by Gasteiger charge is -2.31. The van der Waals surface area contributed by atoms with Gasteiger partial charge < -0.3 is 10.2 Å². The second kappa shape index (κ2) is 4.87. The number of hydrogen-bond acceptors (Lipinski definition) is 1. The Bertz CT molecular complexity index is 276. The molecule has 0 aromatic rings. The molecular formula is C14H26N2O. The highest BCUT2D eigenvalue weighted by Gasteiger charge is 2.45. The third-order valence-corrected chi connectivity index (χ3v) is 4.78. The molecule has 1 saturated heterocycles. The van der Waals surface area contributed by atoms with Crippen LogP contribution < -0.4 is 5.32 Å². The van der Waals surface area contributed by atoms with Gasteiger partial charge in [0.2, 0.25) is 0 Å². The van der Waals surface area contributed by atoms with Gasteiger partial charge in [0, 0.05) is 19.6 Å². The van der Waals surface area contributed by atoms with Crippen molar-refractivity contribution in [1.82, 2.24) is 10.2 Å². The van der Waals surface area contributed by atoms with E-state index in [1.807, 2.05) is 4.90 Å². The van der Waals surface area contributed by atoms with E-state index in [9.17, 15) is 4.79 Å². The summed E-state index contributed by atoms with van der Waals surface area (Å²) in [6.07, 6.45) is 4.87. The highest BCUT2D eigenvalue weighted by atomic mass is 16.2. The minimum atomic E-state index is 0.156. The van der Waals surface area contributed by atoms with Crippen LogP contribution in [0.25, 0.3) is 0 Å². The average molecular weight is 238 g/mol. The van der Waals surface area contributed by atoms with Crippen LogP contribution in [0.1, 0.15) is 46.5 Å². The summed E-state index contributed by atoms with van der Waals surface area (Å²) in [5, 5.41) is 3.14. The van der Waals surface area contributed by atoms with E-state index in [2.05, 4.69) is 26.1 Å². The zero-order chi connectivity index (χ0) is 12.5. The van der Waals surface area contributed by atoms with E-state index in [0.717, 1.165) is 38.4 Å². The summed E-state index contributed by atoms with van der Waals surface area (Å²) >= 11 is 0. The Morgan fingerprint density at radius 1 is 1.35 bits per heavy atom. The smallest absolute Gasteiger partial charge is 0.317 e. The van der Waals surface area contributed by atoms with E-state index in [1.54, 1.807) is 0 Å². The molecule has 98 valence electrons. The van der Waals surface area contributed by atoms with Gasteiger partial charge in [-0.05, 0) is 42.9 Å². The molecule has 2 fully saturated rings. The SMILES string of the molecule is CC1CCN(C(=O)NCC2(C(C)C)CC2)CC1. The van der Waals surface area contributed by atoms with Crippen LogP contribution >= 0.6 is 0 Å².